The molecule has 1 aromatic carbocycles. The highest BCUT2D eigenvalue weighted by molar-refractivity contribution is 5.16. The molecule has 0 aliphatic carbocycles. The largest absolute Gasteiger partial charge is 0.390 e. The molecule has 3 nitrogen and oxygen atoms in total. The number of nitrogens with zero attached hydrogens (tertiary/aromatic N) is 1. The lowest BCUT2D eigenvalue weighted by Gasteiger charge is -2.38. The fourth-order valence-corrected chi connectivity index (χ4v) is 2.34. The quantitative estimate of drug-likeness (QED) is 0.872. The normalized spacial score (nSPS) is 28.8. The molecule has 0 saturated carbocycles. The Bertz CT molecular complexity index is 413. The van der Waals surface area contributed by atoms with Gasteiger partial charge in [-0.15, -0.1) is 0 Å². The van der Waals surface area contributed by atoms with Crippen molar-refractivity contribution in [1.29, 1.82) is 0 Å². The van der Waals surface area contributed by atoms with Gasteiger partial charge in [-0.1, -0.05) is 12.1 Å². The molecule has 1 fully saturated rings. The average molecular weight is 275 g/mol. The fraction of sp³-hybridized carbons (Fsp3) is 0.538. The van der Waals surface area contributed by atoms with Crippen LogP contribution in [0, 0.1) is 11.7 Å². The number of likely N-dealkylation sites (tertiary alicyclic amines) is 1. The molecule has 0 bridgehead atoms. The maximum atomic E-state index is 12.8. The highest BCUT2D eigenvalue weighted by Gasteiger charge is 2.39. The zero-order valence-corrected chi connectivity index (χ0v) is 10.2. The Kier molecular flexibility index (Phi) is 4.44. The van der Waals surface area contributed by atoms with Crippen molar-refractivity contribution in [3.63, 3.8) is 0 Å². The van der Waals surface area contributed by atoms with E-state index in [1.54, 1.807) is 17.0 Å². The van der Waals surface area contributed by atoms with Crippen molar-refractivity contribution >= 4 is 0 Å². The molecule has 3 atom stereocenters. The topological polar surface area (TPSA) is 43.7 Å². The monoisotopic (exact) mass is 275 g/mol. The lowest BCUT2D eigenvalue weighted by Crippen LogP contribution is -2.54. The van der Waals surface area contributed by atoms with Crippen molar-refractivity contribution in [2.45, 2.75) is 25.2 Å². The minimum Gasteiger partial charge on any atom is -0.390 e. The first-order valence-corrected chi connectivity index (χ1v) is 6.08. The fourth-order valence-electron chi connectivity index (χ4n) is 2.34. The summed E-state index contributed by atoms with van der Waals surface area (Å²) in [5.41, 5.74) is 0.776. The summed E-state index contributed by atoms with van der Waals surface area (Å²) in [6.45, 7) is 0.475. The lowest BCUT2D eigenvalue weighted by atomic mass is 9.92. The highest BCUT2D eigenvalue weighted by atomic mass is 19.3. The zero-order chi connectivity index (χ0) is 14.0. The number of aliphatic hydroxyl groups is 2. The van der Waals surface area contributed by atoms with E-state index in [2.05, 4.69) is 0 Å². The van der Waals surface area contributed by atoms with Gasteiger partial charge < -0.3 is 10.2 Å². The van der Waals surface area contributed by atoms with Gasteiger partial charge in [0.25, 0.3) is 0 Å². The number of aliphatic hydroxyl groups excluding tert-OH is 2. The van der Waals surface area contributed by atoms with Crippen LogP contribution in [0.25, 0.3) is 0 Å². The molecular weight excluding hydrogens is 259 g/mol. The van der Waals surface area contributed by atoms with Gasteiger partial charge in [-0.25, -0.2) is 13.2 Å². The van der Waals surface area contributed by atoms with Crippen LogP contribution in [0.15, 0.2) is 24.3 Å². The second kappa shape index (κ2) is 5.90. The van der Waals surface area contributed by atoms with E-state index in [1.807, 2.05) is 0 Å². The molecule has 0 spiro atoms. The highest BCUT2D eigenvalue weighted by Crippen LogP contribution is 2.24. The van der Waals surface area contributed by atoms with Crippen molar-refractivity contribution < 1.29 is 23.4 Å². The Morgan fingerprint density at radius 1 is 1.16 bits per heavy atom. The second-order valence-electron chi connectivity index (χ2n) is 4.88. The van der Waals surface area contributed by atoms with Crippen LogP contribution >= 0.6 is 0 Å². The number of rotatable bonds is 3. The first kappa shape index (κ1) is 14.3. The minimum atomic E-state index is -2.68. The van der Waals surface area contributed by atoms with Gasteiger partial charge in [0.15, 0.2) is 0 Å². The maximum absolute atomic E-state index is 12.8. The smallest absolute Gasteiger partial charge is 0.245 e. The summed E-state index contributed by atoms with van der Waals surface area (Å²) in [5.74, 6) is -1.62. The lowest BCUT2D eigenvalue weighted by molar-refractivity contribution is -0.118. The van der Waals surface area contributed by atoms with E-state index in [-0.39, 0.29) is 18.9 Å². The molecule has 2 rings (SSSR count). The Morgan fingerprint density at radius 2 is 1.79 bits per heavy atom. The summed E-state index contributed by atoms with van der Waals surface area (Å²) in [4.78, 5) is 1.64. The first-order valence-electron chi connectivity index (χ1n) is 6.08. The zero-order valence-electron chi connectivity index (χ0n) is 10.2. The van der Waals surface area contributed by atoms with Gasteiger partial charge in [0.1, 0.15) is 5.82 Å². The molecule has 6 heteroatoms. The van der Waals surface area contributed by atoms with E-state index >= 15 is 0 Å². The molecule has 19 heavy (non-hydrogen) atoms. The predicted molar refractivity (Wildman–Crippen MR) is 63.2 cm³/mol. The molecule has 106 valence electrons. The van der Waals surface area contributed by atoms with E-state index in [0.717, 1.165) is 5.56 Å². The molecule has 0 aromatic heterocycles. The average Bonchev–Trinajstić information content (AvgIpc) is 2.36. The Morgan fingerprint density at radius 3 is 2.37 bits per heavy atom. The van der Waals surface area contributed by atoms with Crippen LogP contribution < -0.4 is 0 Å². The number of hydrogen-bond donors (Lipinski definition) is 2. The van der Waals surface area contributed by atoms with Gasteiger partial charge in [0.2, 0.25) is 6.43 Å². The second-order valence-corrected chi connectivity index (χ2v) is 4.88. The molecule has 2 N–H and O–H groups in total. The van der Waals surface area contributed by atoms with Crippen molar-refractivity contribution in [2.75, 3.05) is 13.1 Å². The molecule has 1 heterocycles. The van der Waals surface area contributed by atoms with Crippen LogP contribution in [0.1, 0.15) is 5.56 Å². The number of piperidine rings is 1. The van der Waals surface area contributed by atoms with Crippen molar-refractivity contribution in [3.8, 4) is 0 Å². The maximum Gasteiger partial charge on any atom is 0.245 e. The Hall–Kier alpha value is -1.11. The van der Waals surface area contributed by atoms with E-state index < -0.39 is 24.6 Å². The summed E-state index contributed by atoms with van der Waals surface area (Å²) in [5, 5.41) is 19.1. The number of β-amino-alcohol motifs (C(OH)–C–C–N with tert-alkyl or cyclic N) is 1. The number of alkyl halides is 2. The number of benzene rings is 1. The summed E-state index contributed by atoms with van der Waals surface area (Å²) < 4.78 is 38.3. The standard InChI is InChI=1S/C13H16F3NO2/c14-9-3-1-8(2-4-9)5-17-6-10(13(15)16)12(19)11(18)7-17/h1-4,10-13,18-19H,5-7H2/t10-,11+,12+/m0/s1. The Balaban J connectivity index is 2.02. The van der Waals surface area contributed by atoms with Gasteiger partial charge in [-0.3, -0.25) is 4.90 Å². The van der Waals surface area contributed by atoms with Gasteiger partial charge in [0, 0.05) is 19.6 Å². The van der Waals surface area contributed by atoms with Crippen LogP contribution in [0.2, 0.25) is 0 Å². The van der Waals surface area contributed by atoms with Crippen LogP contribution in [0.3, 0.4) is 0 Å². The van der Waals surface area contributed by atoms with E-state index in [9.17, 15) is 23.4 Å². The first-order chi connectivity index (χ1) is 8.97. The molecule has 1 aliphatic heterocycles. The number of halogens is 3. The minimum absolute atomic E-state index is 0.00721. The molecule has 0 unspecified atom stereocenters. The molecule has 0 amide bonds. The van der Waals surface area contributed by atoms with E-state index in [1.165, 1.54) is 12.1 Å². The molecule has 0 radical (unpaired) electrons. The molecule has 1 aromatic rings. The summed E-state index contributed by atoms with van der Waals surface area (Å²) >= 11 is 0. The molecule has 1 aliphatic rings. The third-order valence-electron chi connectivity index (χ3n) is 3.39. The number of hydrogen-bond acceptors (Lipinski definition) is 3. The van der Waals surface area contributed by atoms with E-state index in [4.69, 9.17) is 0 Å². The van der Waals surface area contributed by atoms with Crippen LogP contribution in [0.5, 0.6) is 0 Å². The van der Waals surface area contributed by atoms with Crippen LogP contribution in [0.4, 0.5) is 13.2 Å². The van der Waals surface area contributed by atoms with Crippen LogP contribution in [-0.2, 0) is 6.54 Å². The third kappa shape index (κ3) is 3.46. The third-order valence-corrected chi connectivity index (χ3v) is 3.39. The van der Waals surface area contributed by atoms with E-state index in [0.29, 0.717) is 6.54 Å². The van der Waals surface area contributed by atoms with Gasteiger partial charge >= 0.3 is 0 Å². The van der Waals surface area contributed by atoms with Gasteiger partial charge in [-0.2, -0.15) is 0 Å². The van der Waals surface area contributed by atoms with Gasteiger partial charge in [-0.05, 0) is 17.7 Å². The SMILES string of the molecule is O[C@H]1[C@H](O)CN(Cc2ccc(F)cc2)C[C@@H]1C(F)F. The van der Waals surface area contributed by atoms with Crippen LogP contribution in [-0.4, -0.2) is 46.8 Å². The molecular formula is C13H16F3NO2. The van der Waals surface area contributed by atoms with Gasteiger partial charge in [0.05, 0.1) is 18.1 Å². The summed E-state index contributed by atoms with van der Waals surface area (Å²) in [7, 11) is 0. The van der Waals surface area contributed by atoms with Crippen molar-refractivity contribution in [2.24, 2.45) is 5.92 Å². The van der Waals surface area contributed by atoms with Crippen molar-refractivity contribution in [1.82, 2.24) is 4.90 Å². The predicted octanol–water partition coefficient (Wildman–Crippen LogP) is 1.24. The molecule has 1 saturated heterocycles. The van der Waals surface area contributed by atoms with Crippen molar-refractivity contribution in [3.05, 3.63) is 35.6 Å². The summed E-state index contributed by atoms with van der Waals surface area (Å²) in [6.07, 6.45) is -5.27. The Labute approximate surface area is 109 Å². The summed E-state index contributed by atoms with van der Waals surface area (Å²) in [6, 6.07) is 5.75.